The Morgan fingerprint density at radius 2 is 2.00 bits per heavy atom. The molecule has 0 saturated heterocycles. The van der Waals surface area contributed by atoms with Crippen LogP contribution in [-0.2, 0) is 19.7 Å². The van der Waals surface area contributed by atoms with Crippen molar-refractivity contribution in [3.8, 4) is 5.40 Å². The van der Waals surface area contributed by atoms with Crippen LogP contribution in [0.25, 0.3) is 0 Å². The van der Waals surface area contributed by atoms with Crippen molar-refractivity contribution in [3.63, 3.8) is 0 Å². The maximum absolute atomic E-state index is 7.57. The van der Waals surface area contributed by atoms with Crippen LogP contribution in [0.3, 0.4) is 0 Å². The zero-order chi connectivity index (χ0) is 3.41. The van der Waals surface area contributed by atoms with Gasteiger partial charge in [0.15, 0.2) is 0 Å². The average Bonchev–Trinajstić information content (AvgIpc) is 1.37. The van der Waals surface area contributed by atoms with Gasteiger partial charge in [-0.25, -0.2) is 0 Å². The second-order valence-corrected chi connectivity index (χ2v) is 1.79. The van der Waals surface area contributed by atoms with Gasteiger partial charge in [-0.2, -0.15) is 0 Å². The van der Waals surface area contributed by atoms with E-state index in [1.165, 1.54) is 0 Å². The molecule has 0 aliphatic rings. The fourth-order valence-electron chi connectivity index (χ4n) is 0. The summed E-state index contributed by atoms with van der Waals surface area (Å²) in [6.07, 6.45) is 0. The van der Waals surface area contributed by atoms with E-state index in [1.807, 2.05) is 5.40 Å². The Kier molecular flexibility index (Phi) is 17.8. The van der Waals surface area contributed by atoms with E-state index in [0.29, 0.717) is 0 Å². The summed E-state index contributed by atoms with van der Waals surface area (Å²) in [5, 5.41) is 9.40. The predicted octanol–water partition coefficient (Wildman–Crippen LogP) is 0.0140. The van der Waals surface area contributed by atoms with Crippen LogP contribution in [-0.4, -0.2) is 29.6 Å². The van der Waals surface area contributed by atoms with E-state index in [4.69, 9.17) is 5.26 Å². The summed E-state index contributed by atoms with van der Waals surface area (Å²) >= 11 is 2.05. The topological polar surface area (TPSA) is 23.8 Å². The van der Waals surface area contributed by atoms with Crippen molar-refractivity contribution in [3.05, 3.63) is 0 Å². The quantitative estimate of drug-likeness (QED) is 0.461. The van der Waals surface area contributed by atoms with E-state index in [9.17, 15) is 0 Å². The van der Waals surface area contributed by atoms with Crippen LogP contribution in [0.15, 0.2) is 0 Å². The Labute approximate surface area is 68.3 Å². The SMILES string of the molecule is N#C[S][Au].[NaH]. The third-order valence-electron chi connectivity index (χ3n) is 0.0275. The van der Waals surface area contributed by atoms with Gasteiger partial charge in [0, 0.05) is 0 Å². The zero-order valence-corrected chi connectivity index (χ0v) is 4.64. The molecular formula is CHAuNNaS. The molecule has 0 aromatic rings. The number of hydrogen-bond donors (Lipinski definition) is 0. The number of nitrogens with zero attached hydrogens (tertiary/aromatic N) is 1. The van der Waals surface area contributed by atoms with Crippen LogP contribution in [0, 0.1) is 10.7 Å². The molecule has 1 nitrogen and oxygen atoms in total. The molecule has 5 heavy (non-hydrogen) atoms. The van der Waals surface area contributed by atoms with E-state index in [2.05, 4.69) is 19.7 Å². The van der Waals surface area contributed by atoms with E-state index in [1.54, 1.807) is 0 Å². The standard InChI is InChI=1S/CHNS.Au.Na.H/c2-1-3;;;/h3H;;;/q;+1;;/p-1. The van der Waals surface area contributed by atoms with E-state index in [0.717, 1.165) is 9.23 Å². The van der Waals surface area contributed by atoms with E-state index >= 15 is 0 Å². The number of hydrogen-bond acceptors (Lipinski definition) is 2. The van der Waals surface area contributed by atoms with Crippen LogP contribution in [0.5, 0.6) is 0 Å². The maximum atomic E-state index is 7.57. The molecule has 0 amide bonds. The molecule has 0 aliphatic heterocycles. The third kappa shape index (κ3) is 10.7. The molecule has 0 atom stereocenters. The summed E-state index contributed by atoms with van der Waals surface area (Å²) in [5.41, 5.74) is 0. The van der Waals surface area contributed by atoms with Gasteiger partial charge in [-0.3, -0.25) is 0 Å². The van der Waals surface area contributed by atoms with Gasteiger partial charge in [0.2, 0.25) is 0 Å². The molecule has 28 valence electrons. The van der Waals surface area contributed by atoms with Crippen molar-refractivity contribution in [2.45, 2.75) is 0 Å². The summed E-state index contributed by atoms with van der Waals surface area (Å²) in [6, 6.07) is 0. The fourth-order valence-corrected chi connectivity index (χ4v) is 0. The summed E-state index contributed by atoms with van der Waals surface area (Å²) in [7, 11) is 1.11. The van der Waals surface area contributed by atoms with Crippen molar-refractivity contribution in [1.82, 2.24) is 0 Å². The molecule has 0 radical (unpaired) electrons. The van der Waals surface area contributed by atoms with Crippen LogP contribution in [0.2, 0.25) is 0 Å². The first kappa shape index (κ1) is 9.77. The van der Waals surface area contributed by atoms with Gasteiger partial charge in [0.1, 0.15) is 0 Å². The molecule has 0 unspecified atom stereocenters. The number of nitriles is 1. The summed E-state index contributed by atoms with van der Waals surface area (Å²) < 4.78 is 0. The minimum atomic E-state index is 0. The van der Waals surface area contributed by atoms with Gasteiger partial charge in [-0.05, 0) is 0 Å². The normalized spacial score (nSPS) is 4.20. The molecule has 0 saturated carbocycles. The Hall–Kier alpha value is 1.58. The summed E-state index contributed by atoms with van der Waals surface area (Å²) in [6.45, 7) is 0. The van der Waals surface area contributed by atoms with Gasteiger partial charge in [0.25, 0.3) is 0 Å². The summed E-state index contributed by atoms with van der Waals surface area (Å²) in [5.74, 6) is 0. The van der Waals surface area contributed by atoms with Gasteiger partial charge in [-0.1, -0.05) is 0 Å². The monoisotopic (exact) mass is 279 g/mol. The third-order valence-corrected chi connectivity index (χ3v) is 0.676. The van der Waals surface area contributed by atoms with E-state index < -0.39 is 0 Å². The molecule has 0 aromatic heterocycles. The average molecular weight is 279 g/mol. The first-order valence-corrected chi connectivity index (χ1v) is 3.86. The molecule has 0 rings (SSSR count). The van der Waals surface area contributed by atoms with Gasteiger partial charge in [0.05, 0.1) is 0 Å². The van der Waals surface area contributed by atoms with E-state index in [-0.39, 0.29) is 29.6 Å². The Balaban J connectivity index is 0. The number of rotatable bonds is 0. The molecule has 4 heteroatoms. The molecule has 0 N–H and O–H groups in total. The Bertz CT molecular complexity index is 41.4. The zero-order valence-electron chi connectivity index (χ0n) is 1.66. The van der Waals surface area contributed by atoms with Crippen molar-refractivity contribution in [1.29, 1.82) is 5.26 Å². The Morgan fingerprint density at radius 3 is 2.00 bits per heavy atom. The molecule has 0 heterocycles. The van der Waals surface area contributed by atoms with Crippen molar-refractivity contribution >= 4 is 38.8 Å². The van der Waals surface area contributed by atoms with Crippen LogP contribution >= 0.6 is 9.23 Å². The number of thiocyanates is 1. The van der Waals surface area contributed by atoms with Crippen LogP contribution < -0.4 is 0 Å². The molecule has 0 fully saturated rings. The molecule has 0 spiro atoms. The molecule has 0 aromatic carbocycles. The van der Waals surface area contributed by atoms with Crippen molar-refractivity contribution in [2.24, 2.45) is 0 Å². The van der Waals surface area contributed by atoms with Crippen molar-refractivity contribution < 1.29 is 19.7 Å². The van der Waals surface area contributed by atoms with Crippen LogP contribution in [0.4, 0.5) is 0 Å². The Morgan fingerprint density at radius 1 is 1.80 bits per heavy atom. The second kappa shape index (κ2) is 9.13. The van der Waals surface area contributed by atoms with Gasteiger partial charge >= 0.3 is 69.2 Å². The molecule has 0 aliphatic carbocycles. The first-order chi connectivity index (χ1) is 1.91. The van der Waals surface area contributed by atoms with Crippen molar-refractivity contribution in [2.75, 3.05) is 0 Å². The first-order valence-electron chi connectivity index (χ1n) is 0.551. The predicted molar refractivity (Wildman–Crippen MR) is 20.4 cm³/mol. The summed E-state index contributed by atoms with van der Waals surface area (Å²) in [4.78, 5) is 0. The van der Waals surface area contributed by atoms with Gasteiger partial charge in [-0.15, -0.1) is 0 Å². The second-order valence-electron chi connectivity index (χ2n) is 0.153. The molecular weight excluding hydrogens is 278 g/mol. The molecule has 0 bridgehead atoms. The van der Waals surface area contributed by atoms with Gasteiger partial charge < -0.3 is 0 Å². The fraction of sp³-hybridized carbons (Fsp3) is 0. The minimum absolute atomic E-state index is 0. The van der Waals surface area contributed by atoms with Crippen LogP contribution in [0.1, 0.15) is 0 Å².